The first kappa shape index (κ1) is 17.6. The summed E-state index contributed by atoms with van der Waals surface area (Å²) in [5, 5.41) is 2.86. The molecule has 26 heavy (non-hydrogen) atoms. The third-order valence-electron chi connectivity index (χ3n) is 4.12. The minimum absolute atomic E-state index is 0.196. The number of halogens is 1. The summed E-state index contributed by atoms with van der Waals surface area (Å²) in [5.41, 5.74) is 3.57. The first-order chi connectivity index (χ1) is 12.4. The SMILES string of the molecule is Cc1ccc(NC(=O)c2ccc(=O)n(Cc3cccc(F)c3)c2)c(C)c1. The molecule has 2 aromatic carbocycles. The lowest BCUT2D eigenvalue weighted by Gasteiger charge is -2.11. The molecule has 0 saturated carbocycles. The van der Waals surface area contributed by atoms with Crippen molar-refractivity contribution in [3.63, 3.8) is 0 Å². The highest BCUT2D eigenvalue weighted by atomic mass is 19.1. The molecule has 0 unspecified atom stereocenters. The molecule has 1 amide bonds. The number of hydrogen-bond donors (Lipinski definition) is 1. The van der Waals surface area contributed by atoms with Gasteiger partial charge in [-0.25, -0.2) is 4.39 Å². The molecule has 0 atom stereocenters. The molecular formula is C21H19FN2O2. The summed E-state index contributed by atoms with van der Waals surface area (Å²) in [5.74, 6) is -0.663. The van der Waals surface area contributed by atoms with Gasteiger partial charge in [-0.05, 0) is 49.2 Å². The van der Waals surface area contributed by atoms with Gasteiger partial charge in [-0.15, -0.1) is 0 Å². The molecule has 0 aliphatic heterocycles. The van der Waals surface area contributed by atoms with E-state index in [1.807, 2.05) is 32.0 Å². The fourth-order valence-electron chi connectivity index (χ4n) is 2.77. The predicted octanol–water partition coefficient (Wildman–Crippen LogP) is 3.90. The third-order valence-corrected chi connectivity index (χ3v) is 4.12. The van der Waals surface area contributed by atoms with Crippen LogP contribution in [0.1, 0.15) is 27.0 Å². The van der Waals surface area contributed by atoms with Crippen LogP contribution in [0.2, 0.25) is 0 Å². The lowest BCUT2D eigenvalue weighted by atomic mass is 10.1. The van der Waals surface area contributed by atoms with Crippen LogP contribution in [0, 0.1) is 19.7 Å². The van der Waals surface area contributed by atoms with E-state index < -0.39 is 0 Å². The molecule has 0 saturated heterocycles. The molecule has 0 aliphatic carbocycles. The van der Waals surface area contributed by atoms with Crippen LogP contribution in [0.25, 0.3) is 0 Å². The van der Waals surface area contributed by atoms with E-state index >= 15 is 0 Å². The van der Waals surface area contributed by atoms with Gasteiger partial charge in [0.15, 0.2) is 0 Å². The fraction of sp³-hybridized carbons (Fsp3) is 0.143. The Morgan fingerprint density at radius 2 is 1.88 bits per heavy atom. The summed E-state index contributed by atoms with van der Waals surface area (Å²) in [6.45, 7) is 4.11. The quantitative estimate of drug-likeness (QED) is 0.776. The maximum Gasteiger partial charge on any atom is 0.257 e. The number of hydrogen-bond acceptors (Lipinski definition) is 2. The Balaban J connectivity index is 1.84. The minimum Gasteiger partial charge on any atom is -0.322 e. The van der Waals surface area contributed by atoms with E-state index in [9.17, 15) is 14.0 Å². The van der Waals surface area contributed by atoms with Crippen molar-refractivity contribution in [2.75, 3.05) is 5.32 Å². The summed E-state index contributed by atoms with van der Waals surface area (Å²) < 4.78 is 14.7. The monoisotopic (exact) mass is 350 g/mol. The van der Waals surface area contributed by atoms with Crippen LogP contribution in [0.15, 0.2) is 65.6 Å². The molecule has 1 aromatic heterocycles. The number of aryl methyl sites for hydroxylation is 2. The molecule has 1 heterocycles. The first-order valence-electron chi connectivity index (χ1n) is 8.26. The zero-order valence-corrected chi connectivity index (χ0v) is 14.6. The highest BCUT2D eigenvalue weighted by Gasteiger charge is 2.10. The Morgan fingerprint density at radius 3 is 2.62 bits per heavy atom. The third kappa shape index (κ3) is 4.06. The van der Waals surface area contributed by atoms with Crippen molar-refractivity contribution in [1.82, 2.24) is 4.57 Å². The summed E-state index contributed by atoms with van der Waals surface area (Å²) in [4.78, 5) is 24.6. The molecule has 4 nitrogen and oxygen atoms in total. The fourth-order valence-corrected chi connectivity index (χ4v) is 2.77. The Hall–Kier alpha value is -3.21. The maximum atomic E-state index is 13.3. The molecule has 0 spiro atoms. The zero-order valence-electron chi connectivity index (χ0n) is 14.6. The van der Waals surface area contributed by atoms with Crippen molar-refractivity contribution in [2.45, 2.75) is 20.4 Å². The minimum atomic E-state index is -0.362. The van der Waals surface area contributed by atoms with Gasteiger partial charge >= 0.3 is 0 Å². The number of pyridine rings is 1. The van der Waals surface area contributed by atoms with Gasteiger partial charge in [0, 0.05) is 18.0 Å². The summed E-state index contributed by atoms with van der Waals surface area (Å²) >= 11 is 0. The first-order valence-corrected chi connectivity index (χ1v) is 8.26. The van der Waals surface area contributed by atoms with E-state index in [-0.39, 0.29) is 23.8 Å². The van der Waals surface area contributed by atoms with Crippen LogP contribution in [-0.4, -0.2) is 10.5 Å². The zero-order chi connectivity index (χ0) is 18.7. The van der Waals surface area contributed by atoms with Crippen molar-refractivity contribution in [3.8, 4) is 0 Å². The van der Waals surface area contributed by atoms with Crippen molar-refractivity contribution >= 4 is 11.6 Å². The number of carbonyl (C=O) groups excluding carboxylic acids is 1. The highest BCUT2D eigenvalue weighted by Crippen LogP contribution is 2.17. The number of aromatic nitrogens is 1. The van der Waals surface area contributed by atoms with Crippen molar-refractivity contribution in [3.05, 3.63) is 99.2 Å². The van der Waals surface area contributed by atoms with E-state index in [1.165, 1.54) is 35.0 Å². The number of anilines is 1. The van der Waals surface area contributed by atoms with E-state index in [0.717, 1.165) is 16.8 Å². The van der Waals surface area contributed by atoms with Crippen LogP contribution >= 0.6 is 0 Å². The Labute approximate surface area is 150 Å². The average molecular weight is 350 g/mol. The van der Waals surface area contributed by atoms with E-state index in [1.54, 1.807) is 12.1 Å². The summed E-state index contributed by atoms with van der Waals surface area (Å²) in [6, 6.07) is 14.6. The van der Waals surface area contributed by atoms with Gasteiger partial charge in [0.2, 0.25) is 0 Å². The smallest absolute Gasteiger partial charge is 0.257 e. The van der Waals surface area contributed by atoms with Gasteiger partial charge < -0.3 is 9.88 Å². The maximum absolute atomic E-state index is 13.3. The van der Waals surface area contributed by atoms with Gasteiger partial charge in [0.05, 0.1) is 12.1 Å². The molecule has 0 fully saturated rings. The van der Waals surface area contributed by atoms with Crippen LogP contribution in [-0.2, 0) is 6.54 Å². The second kappa shape index (κ2) is 7.35. The van der Waals surface area contributed by atoms with E-state index in [0.29, 0.717) is 11.1 Å². The Morgan fingerprint density at radius 1 is 1.08 bits per heavy atom. The topological polar surface area (TPSA) is 51.1 Å². The van der Waals surface area contributed by atoms with E-state index in [2.05, 4.69) is 5.32 Å². The number of benzene rings is 2. The number of rotatable bonds is 4. The lowest BCUT2D eigenvalue weighted by Crippen LogP contribution is -2.22. The molecule has 1 N–H and O–H groups in total. The highest BCUT2D eigenvalue weighted by molar-refractivity contribution is 6.04. The van der Waals surface area contributed by atoms with Gasteiger partial charge in [-0.3, -0.25) is 9.59 Å². The molecule has 3 aromatic rings. The molecule has 5 heteroatoms. The Bertz CT molecular complexity index is 1020. The normalized spacial score (nSPS) is 10.6. The van der Waals surface area contributed by atoms with Crippen LogP contribution in [0.4, 0.5) is 10.1 Å². The molecule has 3 rings (SSSR count). The second-order valence-corrected chi connectivity index (χ2v) is 6.29. The van der Waals surface area contributed by atoms with Crippen LogP contribution in [0.5, 0.6) is 0 Å². The van der Waals surface area contributed by atoms with Gasteiger partial charge in [0.1, 0.15) is 5.82 Å². The molecular weight excluding hydrogens is 331 g/mol. The summed E-state index contributed by atoms with van der Waals surface area (Å²) in [6.07, 6.45) is 1.49. The molecule has 0 bridgehead atoms. The lowest BCUT2D eigenvalue weighted by molar-refractivity contribution is 0.102. The number of amides is 1. The van der Waals surface area contributed by atoms with Crippen LogP contribution in [0.3, 0.4) is 0 Å². The molecule has 0 radical (unpaired) electrons. The number of nitrogens with zero attached hydrogens (tertiary/aromatic N) is 1. The summed E-state index contributed by atoms with van der Waals surface area (Å²) in [7, 11) is 0. The van der Waals surface area contributed by atoms with Crippen molar-refractivity contribution in [2.24, 2.45) is 0 Å². The second-order valence-electron chi connectivity index (χ2n) is 6.29. The molecule has 132 valence electrons. The average Bonchev–Trinajstić information content (AvgIpc) is 2.59. The van der Waals surface area contributed by atoms with Gasteiger partial charge in [-0.2, -0.15) is 0 Å². The number of carbonyl (C=O) groups is 1. The van der Waals surface area contributed by atoms with Crippen LogP contribution < -0.4 is 10.9 Å². The van der Waals surface area contributed by atoms with Gasteiger partial charge in [0.25, 0.3) is 11.5 Å². The van der Waals surface area contributed by atoms with Gasteiger partial charge in [-0.1, -0.05) is 29.8 Å². The van der Waals surface area contributed by atoms with Crippen molar-refractivity contribution < 1.29 is 9.18 Å². The number of nitrogens with one attached hydrogen (secondary N) is 1. The largest absolute Gasteiger partial charge is 0.322 e. The Kier molecular flexibility index (Phi) is 4.98. The van der Waals surface area contributed by atoms with Crippen molar-refractivity contribution in [1.29, 1.82) is 0 Å². The standard InChI is InChI=1S/C21H19FN2O2/c1-14-6-8-19(15(2)10-14)23-21(26)17-7-9-20(25)24(13-17)12-16-4-3-5-18(22)11-16/h3-11,13H,12H2,1-2H3,(H,23,26). The van der Waals surface area contributed by atoms with E-state index in [4.69, 9.17) is 0 Å². The predicted molar refractivity (Wildman–Crippen MR) is 100 cm³/mol. The molecule has 0 aliphatic rings.